The molecule has 0 aliphatic carbocycles. The zero-order valence-electron chi connectivity index (χ0n) is 9.75. The summed E-state index contributed by atoms with van der Waals surface area (Å²) in [5.74, 6) is 0.705. The van der Waals surface area contributed by atoms with Crippen LogP contribution in [0.15, 0.2) is 6.20 Å². The summed E-state index contributed by atoms with van der Waals surface area (Å²) in [6.45, 7) is 8.44. The van der Waals surface area contributed by atoms with Gasteiger partial charge in [-0.25, -0.2) is 4.98 Å². The van der Waals surface area contributed by atoms with Gasteiger partial charge in [0.2, 0.25) is 0 Å². The molecule has 1 saturated heterocycles. The minimum Gasteiger partial charge on any atom is -0.379 e. The molecule has 15 heavy (non-hydrogen) atoms. The van der Waals surface area contributed by atoms with E-state index in [4.69, 9.17) is 4.74 Å². The van der Waals surface area contributed by atoms with Crippen molar-refractivity contribution in [1.29, 1.82) is 0 Å². The molecule has 0 spiro atoms. The Bertz CT molecular complexity index is 330. The fourth-order valence-corrected chi connectivity index (χ4v) is 3.34. The van der Waals surface area contributed by atoms with Crippen LogP contribution < -0.4 is 0 Å². The fraction of sp³-hybridized carbons (Fsp3) is 0.750. The van der Waals surface area contributed by atoms with Crippen LogP contribution in [0.4, 0.5) is 0 Å². The van der Waals surface area contributed by atoms with Crippen molar-refractivity contribution < 1.29 is 4.74 Å². The molecule has 1 aromatic rings. The molecule has 0 saturated carbocycles. The molecule has 2 rings (SSSR count). The van der Waals surface area contributed by atoms with Crippen LogP contribution in [0.1, 0.15) is 36.6 Å². The average molecular weight is 225 g/mol. The van der Waals surface area contributed by atoms with Gasteiger partial charge in [0.15, 0.2) is 0 Å². The summed E-state index contributed by atoms with van der Waals surface area (Å²) in [6.07, 6.45) is 4.58. The van der Waals surface area contributed by atoms with E-state index in [0.717, 1.165) is 13.2 Å². The Hall–Kier alpha value is -0.410. The second-order valence-electron chi connectivity index (χ2n) is 4.58. The summed E-state index contributed by atoms with van der Waals surface area (Å²) in [6, 6.07) is 0. The standard InChI is InChI=1S/C12H19NOS/c1-4-5-9(2)12(7-14-8-12)11-6-13-10(3)15-11/h6,9H,4-5,7-8H2,1-3H3. The summed E-state index contributed by atoms with van der Waals surface area (Å²) in [4.78, 5) is 5.79. The third kappa shape index (κ3) is 1.83. The fourth-order valence-electron chi connectivity index (χ4n) is 2.29. The number of thiazole rings is 1. The maximum absolute atomic E-state index is 5.45. The Morgan fingerprint density at radius 2 is 2.33 bits per heavy atom. The van der Waals surface area contributed by atoms with Crippen LogP contribution in [0.5, 0.6) is 0 Å². The highest BCUT2D eigenvalue weighted by atomic mass is 32.1. The first-order chi connectivity index (χ1) is 7.19. The Kier molecular flexibility index (Phi) is 3.12. The third-order valence-corrected chi connectivity index (χ3v) is 4.63. The normalized spacial score (nSPS) is 21.0. The molecular formula is C12H19NOS. The smallest absolute Gasteiger partial charge is 0.0896 e. The summed E-state index contributed by atoms with van der Waals surface area (Å²) >= 11 is 1.83. The van der Waals surface area contributed by atoms with Crippen molar-refractivity contribution in [2.45, 2.75) is 39.0 Å². The molecule has 1 atom stereocenters. The molecule has 1 aliphatic heterocycles. The lowest BCUT2D eigenvalue weighted by molar-refractivity contribution is -0.0870. The van der Waals surface area contributed by atoms with E-state index >= 15 is 0 Å². The number of rotatable bonds is 4. The van der Waals surface area contributed by atoms with Gasteiger partial charge in [-0.15, -0.1) is 11.3 Å². The monoisotopic (exact) mass is 225 g/mol. The highest BCUT2D eigenvalue weighted by Gasteiger charge is 2.45. The Morgan fingerprint density at radius 3 is 2.73 bits per heavy atom. The molecule has 0 aromatic carbocycles. The van der Waals surface area contributed by atoms with E-state index in [1.165, 1.54) is 22.7 Å². The minimum absolute atomic E-state index is 0.280. The van der Waals surface area contributed by atoms with Crippen LogP contribution in [0.2, 0.25) is 0 Å². The van der Waals surface area contributed by atoms with Crippen molar-refractivity contribution in [3.05, 3.63) is 16.1 Å². The third-order valence-electron chi connectivity index (χ3n) is 3.50. The van der Waals surface area contributed by atoms with Crippen molar-refractivity contribution in [2.24, 2.45) is 5.92 Å². The van der Waals surface area contributed by atoms with E-state index < -0.39 is 0 Å². The first-order valence-corrected chi connectivity index (χ1v) is 6.51. The van der Waals surface area contributed by atoms with Crippen LogP contribution in [-0.2, 0) is 10.2 Å². The van der Waals surface area contributed by atoms with Gasteiger partial charge in [0.1, 0.15) is 0 Å². The van der Waals surface area contributed by atoms with Gasteiger partial charge < -0.3 is 4.74 Å². The van der Waals surface area contributed by atoms with E-state index in [2.05, 4.69) is 32.0 Å². The lowest BCUT2D eigenvalue weighted by Gasteiger charge is -2.45. The summed E-state index contributed by atoms with van der Waals surface area (Å²) < 4.78 is 5.45. The number of aromatic nitrogens is 1. The molecule has 0 radical (unpaired) electrons. The maximum atomic E-state index is 5.45. The number of aryl methyl sites for hydroxylation is 1. The van der Waals surface area contributed by atoms with Gasteiger partial charge >= 0.3 is 0 Å². The van der Waals surface area contributed by atoms with Gasteiger partial charge in [-0.3, -0.25) is 0 Å². The van der Waals surface area contributed by atoms with Gasteiger partial charge in [-0.05, 0) is 19.3 Å². The van der Waals surface area contributed by atoms with Crippen LogP contribution in [0.25, 0.3) is 0 Å². The number of hydrogen-bond acceptors (Lipinski definition) is 3. The summed E-state index contributed by atoms with van der Waals surface area (Å²) in [5.41, 5.74) is 0.280. The molecule has 1 fully saturated rings. The van der Waals surface area contributed by atoms with Crippen molar-refractivity contribution >= 4 is 11.3 Å². The SMILES string of the molecule is CCCC(C)C1(c2cnc(C)s2)COC1. The zero-order chi connectivity index (χ0) is 10.9. The van der Waals surface area contributed by atoms with Gasteiger partial charge in [-0.1, -0.05) is 20.3 Å². The average Bonchev–Trinajstić information content (AvgIpc) is 2.51. The maximum Gasteiger partial charge on any atom is 0.0896 e. The van der Waals surface area contributed by atoms with Crippen molar-refractivity contribution in [1.82, 2.24) is 4.98 Å². The number of ether oxygens (including phenoxy) is 1. The predicted molar refractivity (Wildman–Crippen MR) is 63.4 cm³/mol. The predicted octanol–water partition coefficient (Wildman–Crippen LogP) is 3.16. The van der Waals surface area contributed by atoms with E-state index in [-0.39, 0.29) is 5.41 Å². The van der Waals surface area contributed by atoms with Crippen LogP contribution in [0, 0.1) is 12.8 Å². The first-order valence-electron chi connectivity index (χ1n) is 5.69. The van der Waals surface area contributed by atoms with Crippen molar-refractivity contribution in [3.8, 4) is 0 Å². The highest BCUT2D eigenvalue weighted by molar-refractivity contribution is 7.11. The van der Waals surface area contributed by atoms with E-state index in [9.17, 15) is 0 Å². The largest absolute Gasteiger partial charge is 0.379 e. The molecule has 1 unspecified atom stereocenters. The van der Waals surface area contributed by atoms with Gasteiger partial charge in [0, 0.05) is 11.1 Å². The quantitative estimate of drug-likeness (QED) is 0.785. The van der Waals surface area contributed by atoms with Crippen molar-refractivity contribution in [2.75, 3.05) is 13.2 Å². The van der Waals surface area contributed by atoms with Crippen molar-refractivity contribution in [3.63, 3.8) is 0 Å². The van der Waals surface area contributed by atoms with Gasteiger partial charge in [0.25, 0.3) is 0 Å². The molecule has 1 aliphatic rings. The van der Waals surface area contributed by atoms with Crippen LogP contribution in [-0.4, -0.2) is 18.2 Å². The molecule has 3 heteroatoms. The topological polar surface area (TPSA) is 22.1 Å². The Labute approximate surface area is 95.7 Å². The second-order valence-corrected chi connectivity index (χ2v) is 5.82. The summed E-state index contributed by atoms with van der Waals surface area (Å²) in [5, 5.41) is 1.17. The van der Waals surface area contributed by atoms with Gasteiger partial charge in [-0.2, -0.15) is 0 Å². The Morgan fingerprint density at radius 1 is 1.60 bits per heavy atom. The molecule has 1 aromatic heterocycles. The molecular weight excluding hydrogens is 206 g/mol. The minimum atomic E-state index is 0.280. The van der Waals surface area contributed by atoms with Crippen LogP contribution >= 0.6 is 11.3 Å². The number of hydrogen-bond donors (Lipinski definition) is 0. The number of nitrogens with zero attached hydrogens (tertiary/aromatic N) is 1. The zero-order valence-corrected chi connectivity index (χ0v) is 10.6. The van der Waals surface area contributed by atoms with E-state index in [1.54, 1.807) is 0 Å². The second kappa shape index (κ2) is 4.22. The van der Waals surface area contributed by atoms with E-state index in [0.29, 0.717) is 5.92 Å². The van der Waals surface area contributed by atoms with Gasteiger partial charge in [0.05, 0.1) is 23.6 Å². The lowest BCUT2D eigenvalue weighted by atomic mass is 9.72. The first kappa shape index (κ1) is 11.1. The van der Waals surface area contributed by atoms with E-state index in [1.807, 2.05) is 11.3 Å². The molecule has 0 amide bonds. The summed E-state index contributed by atoms with van der Waals surface area (Å²) in [7, 11) is 0. The highest BCUT2D eigenvalue weighted by Crippen LogP contribution is 2.43. The molecule has 0 N–H and O–H groups in total. The molecule has 84 valence electrons. The molecule has 2 heterocycles. The lowest BCUT2D eigenvalue weighted by Crippen LogP contribution is -2.51. The molecule has 2 nitrogen and oxygen atoms in total. The molecule has 0 bridgehead atoms. The Balaban J connectivity index is 2.21. The van der Waals surface area contributed by atoms with Crippen LogP contribution in [0.3, 0.4) is 0 Å².